The molecule has 10 nitrogen and oxygen atoms in total. The number of methoxy groups -OCH3 is 2. The van der Waals surface area contributed by atoms with Crippen molar-refractivity contribution in [3.05, 3.63) is 54.2 Å². The molecule has 0 radical (unpaired) electrons. The number of anilines is 2. The van der Waals surface area contributed by atoms with E-state index in [2.05, 4.69) is 25.3 Å². The number of carbonyl (C=O) groups excluding carboxylic acids is 1. The summed E-state index contributed by atoms with van der Waals surface area (Å²) >= 11 is 0. The molecule has 0 saturated carbocycles. The summed E-state index contributed by atoms with van der Waals surface area (Å²) in [4.78, 5) is 30.2. The standard InChI is InChI=1S/C24H23FN6O4/c1-31(15-11-35-12-15)23(32)14-4-5-17(18(8-14)33-2)28-24-29-21-20(22(30-24)34-3)16(10-27-21)13-6-7-26-19(25)9-13/h4-10,15H,11-12H2,1-3H3,(H2,27,28,29,30). The highest BCUT2D eigenvalue weighted by Gasteiger charge is 2.28. The van der Waals surface area contributed by atoms with Crippen LogP contribution in [-0.4, -0.2) is 71.3 Å². The number of rotatable bonds is 7. The fraction of sp³-hybridized carbons (Fsp3) is 0.250. The van der Waals surface area contributed by atoms with Crippen molar-refractivity contribution in [1.29, 1.82) is 0 Å². The number of likely N-dealkylation sites (N-methyl/N-ethyl adjacent to an activating group) is 1. The van der Waals surface area contributed by atoms with E-state index in [9.17, 15) is 9.18 Å². The lowest BCUT2D eigenvalue weighted by Crippen LogP contribution is -2.49. The van der Waals surface area contributed by atoms with Gasteiger partial charge in [0.25, 0.3) is 5.91 Å². The van der Waals surface area contributed by atoms with Crippen molar-refractivity contribution < 1.29 is 23.4 Å². The molecule has 0 atom stereocenters. The zero-order chi connectivity index (χ0) is 24.5. The average Bonchev–Trinajstić information content (AvgIpc) is 3.26. The fourth-order valence-electron chi connectivity index (χ4n) is 3.87. The number of nitrogens with one attached hydrogen (secondary N) is 2. The largest absolute Gasteiger partial charge is 0.495 e. The summed E-state index contributed by atoms with van der Waals surface area (Å²) in [7, 11) is 4.78. The van der Waals surface area contributed by atoms with Gasteiger partial charge in [-0.3, -0.25) is 4.79 Å². The molecule has 1 saturated heterocycles. The minimum absolute atomic E-state index is 0.0771. The summed E-state index contributed by atoms with van der Waals surface area (Å²) in [6.45, 7) is 1.08. The van der Waals surface area contributed by atoms with Crippen molar-refractivity contribution in [2.75, 3.05) is 39.8 Å². The highest BCUT2D eigenvalue weighted by atomic mass is 19.1. The molecule has 3 aromatic heterocycles. The minimum atomic E-state index is -0.587. The predicted octanol–water partition coefficient (Wildman–Crippen LogP) is 3.39. The van der Waals surface area contributed by atoms with Crippen LogP contribution in [-0.2, 0) is 4.74 Å². The van der Waals surface area contributed by atoms with Gasteiger partial charge in [-0.25, -0.2) is 4.98 Å². The molecule has 1 fully saturated rings. The van der Waals surface area contributed by atoms with Crippen molar-refractivity contribution >= 4 is 28.6 Å². The second-order valence-electron chi connectivity index (χ2n) is 8.00. The van der Waals surface area contributed by atoms with Crippen LogP contribution in [0.25, 0.3) is 22.2 Å². The number of pyridine rings is 1. The van der Waals surface area contributed by atoms with Crippen LogP contribution in [0, 0.1) is 5.95 Å². The molecule has 11 heteroatoms. The van der Waals surface area contributed by atoms with Crippen LogP contribution in [0.3, 0.4) is 0 Å². The number of carbonyl (C=O) groups is 1. The van der Waals surface area contributed by atoms with Crippen molar-refractivity contribution in [3.8, 4) is 22.8 Å². The number of H-pyrrole nitrogens is 1. The minimum Gasteiger partial charge on any atom is -0.495 e. The Balaban J connectivity index is 1.45. The maximum absolute atomic E-state index is 13.7. The molecule has 180 valence electrons. The van der Waals surface area contributed by atoms with Crippen LogP contribution in [0.15, 0.2) is 42.7 Å². The number of benzene rings is 1. The summed E-state index contributed by atoms with van der Waals surface area (Å²) in [5.41, 5.74) is 2.87. The predicted molar refractivity (Wildman–Crippen MR) is 127 cm³/mol. The van der Waals surface area contributed by atoms with Gasteiger partial charge in [-0.2, -0.15) is 14.4 Å². The lowest BCUT2D eigenvalue weighted by molar-refractivity contribution is -0.0467. The molecule has 0 unspecified atom stereocenters. The van der Waals surface area contributed by atoms with Gasteiger partial charge in [0.05, 0.1) is 44.5 Å². The Morgan fingerprint density at radius 1 is 1.20 bits per heavy atom. The molecule has 0 aliphatic carbocycles. The lowest BCUT2D eigenvalue weighted by atomic mass is 10.1. The normalized spacial score (nSPS) is 13.4. The van der Waals surface area contributed by atoms with E-state index in [1.54, 1.807) is 42.4 Å². The van der Waals surface area contributed by atoms with Crippen molar-refractivity contribution in [1.82, 2.24) is 24.8 Å². The van der Waals surface area contributed by atoms with E-state index in [-0.39, 0.29) is 17.9 Å². The maximum Gasteiger partial charge on any atom is 0.254 e. The Labute approximate surface area is 200 Å². The highest BCUT2D eigenvalue weighted by molar-refractivity contribution is 5.98. The Kier molecular flexibility index (Phi) is 5.91. The van der Waals surface area contributed by atoms with Crippen LogP contribution in [0.4, 0.5) is 16.0 Å². The number of amides is 1. The van der Waals surface area contributed by atoms with Crippen LogP contribution in [0.5, 0.6) is 11.6 Å². The Bertz CT molecular complexity index is 1400. The molecule has 0 bridgehead atoms. The molecule has 1 aliphatic rings. The zero-order valence-electron chi connectivity index (χ0n) is 19.3. The topological polar surface area (TPSA) is 114 Å². The molecule has 5 rings (SSSR count). The van der Waals surface area contributed by atoms with Gasteiger partial charge in [0.15, 0.2) is 0 Å². The van der Waals surface area contributed by atoms with E-state index >= 15 is 0 Å². The number of halogens is 1. The van der Waals surface area contributed by atoms with Crippen LogP contribution in [0.1, 0.15) is 10.4 Å². The number of aromatic nitrogens is 4. The summed E-state index contributed by atoms with van der Waals surface area (Å²) in [6.07, 6.45) is 3.11. The van der Waals surface area contributed by atoms with E-state index in [0.717, 1.165) is 0 Å². The number of nitrogens with zero attached hydrogens (tertiary/aromatic N) is 4. The molecule has 1 amide bonds. The van der Waals surface area contributed by atoms with E-state index < -0.39 is 5.95 Å². The van der Waals surface area contributed by atoms with Gasteiger partial charge in [0, 0.05) is 36.6 Å². The molecule has 2 N–H and O–H groups in total. The van der Waals surface area contributed by atoms with Gasteiger partial charge in [-0.15, -0.1) is 0 Å². The maximum atomic E-state index is 13.7. The molecular formula is C24H23FN6O4. The molecular weight excluding hydrogens is 455 g/mol. The smallest absolute Gasteiger partial charge is 0.254 e. The fourth-order valence-corrected chi connectivity index (χ4v) is 3.87. The lowest BCUT2D eigenvalue weighted by Gasteiger charge is -2.34. The quantitative estimate of drug-likeness (QED) is 0.389. The van der Waals surface area contributed by atoms with E-state index in [1.165, 1.54) is 26.5 Å². The molecule has 1 aliphatic heterocycles. The van der Waals surface area contributed by atoms with Crippen LogP contribution in [0.2, 0.25) is 0 Å². The molecule has 35 heavy (non-hydrogen) atoms. The van der Waals surface area contributed by atoms with Gasteiger partial charge in [0.1, 0.15) is 11.4 Å². The summed E-state index contributed by atoms with van der Waals surface area (Å²) in [5, 5.41) is 3.74. The molecule has 4 heterocycles. The first-order chi connectivity index (χ1) is 17.0. The third-order valence-corrected chi connectivity index (χ3v) is 5.91. The van der Waals surface area contributed by atoms with Gasteiger partial charge >= 0.3 is 0 Å². The monoisotopic (exact) mass is 478 g/mol. The number of fused-ring (bicyclic) bond motifs is 1. The molecule has 0 spiro atoms. The number of hydrogen-bond acceptors (Lipinski definition) is 8. The third-order valence-electron chi connectivity index (χ3n) is 5.91. The van der Waals surface area contributed by atoms with E-state index in [1.807, 2.05) is 0 Å². The van der Waals surface area contributed by atoms with Crippen molar-refractivity contribution in [2.45, 2.75) is 6.04 Å². The second kappa shape index (κ2) is 9.18. The van der Waals surface area contributed by atoms with Crippen LogP contribution >= 0.6 is 0 Å². The van der Waals surface area contributed by atoms with Crippen molar-refractivity contribution in [2.24, 2.45) is 0 Å². The number of aromatic amines is 1. The first-order valence-corrected chi connectivity index (χ1v) is 10.8. The van der Waals surface area contributed by atoms with Crippen LogP contribution < -0.4 is 14.8 Å². The van der Waals surface area contributed by atoms with Gasteiger partial charge in [-0.05, 0) is 29.8 Å². The zero-order valence-corrected chi connectivity index (χ0v) is 19.3. The Morgan fingerprint density at radius 2 is 2.03 bits per heavy atom. The molecule has 4 aromatic rings. The second-order valence-corrected chi connectivity index (χ2v) is 8.00. The summed E-state index contributed by atoms with van der Waals surface area (Å²) < 4.78 is 29.9. The summed E-state index contributed by atoms with van der Waals surface area (Å²) in [6, 6.07) is 8.22. The summed E-state index contributed by atoms with van der Waals surface area (Å²) in [5.74, 6) is 0.312. The Hall–Kier alpha value is -4.25. The highest BCUT2D eigenvalue weighted by Crippen LogP contribution is 2.35. The van der Waals surface area contributed by atoms with E-state index in [0.29, 0.717) is 58.3 Å². The molecule has 1 aromatic carbocycles. The SMILES string of the molecule is COc1cc(C(=O)N(C)C2COC2)ccc1Nc1nc(OC)c2c(-c3ccnc(F)c3)c[nH]c2n1. The van der Waals surface area contributed by atoms with Gasteiger partial charge in [0.2, 0.25) is 17.8 Å². The first-order valence-electron chi connectivity index (χ1n) is 10.8. The van der Waals surface area contributed by atoms with Gasteiger partial charge in [-0.1, -0.05) is 0 Å². The first kappa shape index (κ1) is 22.5. The van der Waals surface area contributed by atoms with E-state index in [4.69, 9.17) is 14.2 Å². The van der Waals surface area contributed by atoms with Gasteiger partial charge < -0.3 is 29.4 Å². The number of hydrogen-bond donors (Lipinski definition) is 2. The third kappa shape index (κ3) is 4.21. The van der Waals surface area contributed by atoms with Crippen molar-refractivity contribution in [3.63, 3.8) is 0 Å². The Morgan fingerprint density at radius 3 is 2.71 bits per heavy atom. The average molecular weight is 478 g/mol. The number of ether oxygens (including phenoxy) is 3.